The largest absolute Gasteiger partial charge is 0.384 e. The molecule has 5 nitrogen and oxygen atoms in total. The number of thioether (sulfide) groups is 1. The first-order valence-electron chi connectivity index (χ1n) is 6.27. The van der Waals surface area contributed by atoms with Crippen LogP contribution in [0.5, 0.6) is 0 Å². The minimum Gasteiger partial charge on any atom is -0.384 e. The van der Waals surface area contributed by atoms with Gasteiger partial charge in [-0.15, -0.1) is 0 Å². The minimum absolute atomic E-state index is 0.138. The van der Waals surface area contributed by atoms with Gasteiger partial charge in [0.1, 0.15) is 5.69 Å². The van der Waals surface area contributed by atoms with Crippen molar-refractivity contribution in [2.75, 3.05) is 31.3 Å². The first kappa shape index (κ1) is 15.8. The second-order valence-corrected chi connectivity index (χ2v) is 5.19. The first-order valence-corrected chi connectivity index (χ1v) is 7.42. The first-order chi connectivity index (χ1) is 9.19. The molecule has 106 valence electrons. The van der Waals surface area contributed by atoms with E-state index in [0.717, 1.165) is 36.6 Å². The maximum atomic E-state index is 10.9. The molecule has 0 unspecified atom stereocenters. The topological polar surface area (TPSA) is 64.4 Å². The molecule has 6 heteroatoms. The van der Waals surface area contributed by atoms with Crippen LogP contribution in [0.25, 0.3) is 0 Å². The van der Waals surface area contributed by atoms with Crippen LogP contribution in [0.15, 0.2) is 18.2 Å². The molecule has 1 aromatic carbocycles. The lowest BCUT2D eigenvalue weighted by atomic mass is 10.2. The van der Waals surface area contributed by atoms with Gasteiger partial charge in [0.15, 0.2) is 0 Å². The number of anilines is 1. The molecule has 1 aromatic rings. The Kier molecular flexibility index (Phi) is 7.28. The summed E-state index contributed by atoms with van der Waals surface area (Å²) in [5, 5.41) is 14.0. The summed E-state index contributed by atoms with van der Waals surface area (Å²) in [6.45, 7) is 3.49. The minimum atomic E-state index is -0.347. The number of nitrogens with zero attached hydrogens (tertiary/aromatic N) is 1. The zero-order valence-corrected chi connectivity index (χ0v) is 12.2. The van der Waals surface area contributed by atoms with Crippen molar-refractivity contribution < 1.29 is 9.66 Å². The molecular weight excluding hydrogens is 264 g/mol. The molecule has 0 aliphatic carbocycles. The Balaban J connectivity index is 2.70. The number of nitrogens with one attached hydrogen (secondary N) is 1. The van der Waals surface area contributed by atoms with E-state index in [9.17, 15) is 10.1 Å². The van der Waals surface area contributed by atoms with Crippen LogP contribution in [0, 0.1) is 10.1 Å². The highest BCUT2D eigenvalue weighted by Crippen LogP contribution is 2.27. The van der Waals surface area contributed by atoms with E-state index in [-0.39, 0.29) is 10.6 Å². The zero-order valence-electron chi connectivity index (χ0n) is 11.3. The Bertz CT molecular complexity index is 413. The molecule has 0 aliphatic rings. The van der Waals surface area contributed by atoms with Gasteiger partial charge >= 0.3 is 0 Å². The highest BCUT2D eigenvalue weighted by Gasteiger charge is 2.13. The van der Waals surface area contributed by atoms with Gasteiger partial charge in [0.2, 0.25) is 0 Å². The van der Waals surface area contributed by atoms with Crippen molar-refractivity contribution in [3.05, 3.63) is 33.9 Å². The van der Waals surface area contributed by atoms with Crippen LogP contribution in [-0.4, -0.2) is 30.9 Å². The number of nitro groups is 1. The van der Waals surface area contributed by atoms with Gasteiger partial charge in [-0.1, -0.05) is 13.0 Å². The van der Waals surface area contributed by atoms with E-state index >= 15 is 0 Å². The van der Waals surface area contributed by atoms with Gasteiger partial charge in [0.05, 0.1) is 11.5 Å². The fourth-order valence-electron chi connectivity index (χ4n) is 1.57. The van der Waals surface area contributed by atoms with Gasteiger partial charge in [-0.25, -0.2) is 0 Å². The predicted molar refractivity (Wildman–Crippen MR) is 79.9 cm³/mol. The van der Waals surface area contributed by atoms with E-state index in [2.05, 4.69) is 5.32 Å². The predicted octanol–water partition coefficient (Wildman–Crippen LogP) is 3.30. The lowest BCUT2D eigenvalue weighted by Crippen LogP contribution is -2.04. The second-order valence-electron chi connectivity index (χ2n) is 4.08. The standard InChI is InChI=1S/C13H20N2O3S/c1-3-6-14-12-9-11(10-19-8-7-18-2)4-5-13(12)15(16)17/h4-5,9,14H,3,6-8,10H2,1-2H3. The Morgan fingerprint density at radius 3 is 2.89 bits per heavy atom. The van der Waals surface area contributed by atoms with E-state index < -0.39 is 0 Å². The summed E-state index contributed by atoms with van der Waals surface area (Å²) in [7, 11) is 1.68. The fourth-order valence-corrected chi connectivity index (χ4v) is 2.41. The van der Waals surface area contributed by atoms with Gasteiger partial charge in [-0.05, 0) is 18.1 Å². The van der Waals surface area contributed by atoms with Crippen molar-refractivity contribution in [2.45, 2.75) is 19.1 Å². The number of ether oxygens (including phenoxy) is 1. The Hall–Kier alpha value is -1.27. The molecule has 0 atom stereocenters. The molecule has 0 aliphatic heterocycles. The summed E-state index contributed by atoms with van der Waals surface area (Å²) in [6.07, 6.45) is 0.934. The van der Waals surface area contributed by atoms with Crippen molar-refractivity contribution in [1.29, 1.82) is 0 Å². The molecule has 0 aromatic heterocycles. The summed E-state index contributed by atoms with van der Waals surface area (Å²) in [5.74, 6) is 1.76. The normalized spacial score (nSPS) is 10.4. The van der Waals surface area contributed by atoms with E-state index in [1.807, 2.05) is 19.1 Å². The molecule has 0 bridgehead atoms. The number of rotatable bonds is 9. The van der Waals surface area contributed by atoms with E-state index in [1.54, 1.807) is 24.9 Å². The zero-order chi connectivity index (χ0) is 14.1. The van der Waals surface area contributed by atoms with Crippen molar-refractivity contribution in [3.8, 4) is 0 Å². The average molecular weight is 284 g/mol. The van der Waals surface area contributed by atoms with Gasteiger partial charge in [-0.2, -0.15) is 11.8 Å². The molecular formula is C13H20N2O3S. The van der Waals surface area contributed by atoms with Crippen LogP contribution in [0.1, 0.15) is 18.9 Å². The van der Waals surface area contributed by atoms with E-state index in [0.29, 0.717) is 5.69 Å². The lowest BCUT2D eigenvalue weighted by Gasteiger charge is -2.08. The van der Waals surface area contributed by atoms with Crippen molar-refractivity contribution in [3.63, 3.8) is 0 Å². The molecule has 0 saturated carbocycles. The van der Waals surface area contributed by atoms with Gasteiger partial charge < -0.3 is 10.1 Å². The molecule has 0 amide bonds. The molecule has 1 rings (SSSR count). The van der Waals surface area contributed by atoms with Crippen LogP contribution < -0.4 is 5.32 Å². The van der Waals surface area contributed by atoms with Crippen LogP contribution in [-0.2, 0) is 10.5 Å². The van der Waals surface area contributed by atoms with Crippen molar-refractivity contribution in [1.82, 2.24) is 0 Å². The smallest absolute Gasteiger partial charge is 0.292 e. The Morgan fingerprint density at radius 2 is 2.26 bits per heavy atom. The number of benzene rings is 1. The summed E-state index contributed by atoms with van der Waals surface area (Å²) in [5.41, 5.74) is 1.83. The van der Waals surface area contributed by atoms with Crippen LogP contribution in [0.4, 0.5) is 11.4 Å². The summed E-state index contributed by atoms with van der Waals surface area (Å²) in [4.78, 5) is 10.6. The van der Waals surface area contributed by atoms with E-state index in [1.165, 1.54) is 0 Å². The lowest BCUT2D eigenvalue weighted by molar-refractivity contribution is -0.384. The molecule has 0 spiro atoms. The molecule has 0 radical (unpaired) electrons. The van der Waals surface area contributed by atoms with Crippen LogP contribution in [0.2, 0.25) is 0 Å². The monoisotopic (exact) mass is 284 g/mol. The maximum Gasteiger partial charge on any atom is 0.292 e. The molecule has 1 N–H and O–H groups in total. The second kappa shape index (κ2) is 8.77. The van der Waals surface area contributed by atoms with E-state index in [4.69, 9.17) is 4.74 Å². The molecule has 0 saturated heterocycles. The third-order valence-corrected chi connectivity index (χ3v) is 3.52. The third kappa shape index (κ3) is 5.48. The van der Waals surface area contributed by atoms with Crippen LogP contribution >= 0.6 is 11.8 Å². The number of methoxy groups -OCH3 is 1. The highest BCUT2D eigenvalue weighted by atomic mass is 32.2. The number of hydrogen-bond acceptors (Lipinski definition) is 5. The number of hydrogen-bond donors (Lipinski definition) is 1. The summed E-state index contributed by atoms with van der Waals surface area (Å²) in [6, 6.07) is 5.26. The van der Waals surface area contributed by atoms with Crippen molar-refractivity contribution >= 4 is 23.1 Å². The third-order valence-electron chi connectivity index (χ3n) is 2.52. The van der Waals surface area contributed by atoms with Gasteiger partial charge in [0.25, 0.3) is 5.69 Å². The maximum absolute atomic E-state index is 10.9. The molecule has 19 heavy (non-hydrogen) atoms. The SMILES string of the molecule is CCCNc1cc(CSCCOC)ccc1[N+](=O)[O-]. The van der Waals surface area contributed by atoms with Gasteiger partial charge in [-0.3, -0.25) is 10.1 Å². The summed E-state index contributed by atoms with van der Waals surface area (Å²) < 4.78 is 4.98. The fraction of sp³-hybridized carbons (Fsp3) is 0.538. The Labute approximate surface area is 117 Å². The highest BCUT2D eigenvalue weighted by molar-refractivity contribution is 7.98. The average Bonchev–Trinajstić information content (AvgIpc) is 2.41. The molecule has 0 fully saturated rings. The quantitative estimate of drug-likeness (QED) is 0.428. The van der Waals surface area contributed by atoms with Gasteiger partial charge in [0, 0.05) is 31.2 Å². The summed E-state index contributed by atoms with van der Waals surface area (Å²) >= 11 is 1.76. The number of nitro benzene ring substituents is 1. The van der Waals surface area contributed by atoms with Crippen LogP contribution in [0.3, 0.4) is 0 Å². The van der Waals surface area contributed by atoms with Crippen molar-refractivity contribution in [2.24, 2.45) is 0 Å². The Morgan fingerprint density at radius 1 is 1.47 bits per heavy atom. The molecule has 0 heterocycles.